The Labute approximate surface area is 159 Å². The number of anilines is 2. The summed E-state index contributed by atoms with van der Waals surface area (Å²) in [6.07, 6.45) is 2.25. The minimum Gasteiger partial charge on any atom is -0.354 e. The number of hydrogen-bond donors (Lipinski definition) is 3. The molecule has 0 radical (unpaired) electrons. The molecule has 0 saturated carbocycles. The lowest BCUT2D eigenvalue weighted by Gasteiger charge is -2.26. The van der Waals surface area contributed by atoms with E-state index in [1.165, 1.54) is 0 Å². The Morgan fingerprint density at radius 1 is 1.26 bits per heavy atom. The van der Waals surface area contributed by atoms with E-state index in [0.29, 0.717) is 31.7 Å². The Hall–Kier alpha value is -2.61. The molecule has 2 heterocycles. The molecule has 0 spiro atoms. The van der Waals surface area contributed by atoms with Gasteiger partial charge in [0.05, 0.1) is 6.54 Å². The summed E-state index contributed by atoms with van der Waals surface area (Å²) in [4.78, 5) is 39.1. The standard InChI is InChI=1S/C19H27N5O3/c1-14-3-8-18(26)24(14)16-6-4-15(5-7-16)22-19(27)21-9-2-11-23-12-10-20-17(25)13-23/h4-7,14H,2-3,8-13H2,1H3,(H,20,25)(H2,21,22,27). The number of amides is 4. The quantitative estimate of drug-likeness (QED) is 0.652. The molecule has 1 atom stereocenters. The fourth-order valence-electron chi connectivity index (χ4n) is 3.49. The van der Waals surface area contributed by atoms with Crippen LogP contribution >= 0.6 is 0 Å². The van der Waals surface area contributed by atoms with Crippen molar-refractivity contribution in [2.45, 2.75) is 32.2 Å². The van der Waals surface area contributed by atoms with Crippen LogP contribution in [0.2, 0.25) is 0 Å². The molecule has 2 fully saturated rings. The summed E-state index contributed by atoms with van der Waals surface area (Å²) in [7, 11) is 0. The zero-order valence-electron chi connectivity index (χ0n) is 15.7. The van der Waals surface area contributed by atoms with Gasteiger partial charge in [0.15, 0.2) is 0 Å². The van der Waals surface area contributed by atoms with Crippen LogP contribution in [0.15, 0.2) is 24.3 Å². The molecule has 3 rings (SSSR count). The summed E-state index contributed by atoms with van der Waals surface area (Å²) in [6, 6.07) is 7.28. The first kappa shape index (κ1) is 19.2. The van der Waals surface area contributed by atoms with Gasteiger partial charge in [-0.1, -0.05) is 0 Å². The molecular formula is C19H27N5O3. The van der Waals surface area contributed by atoms with E-state index < -0.39 is 0 Å². The number of carbonyl (C=O) groups excluding carboxylic acids is 3. The van der Waals surface area contributed by atoms with E-state index in [0.717, 1.165) is 31.6 Å². The smallest absolute Gasteiger partial charge is 0.319 e. The molecule has 1 aromatic carbocycles. The van der Waals surface area contributed by atoms with E-state index in [-0.39, 0.29) is 23.9 Å². The molecule has 0 bridgehead atoms. The molecule has 1 aromatic rings. The van der Waals surface area contributed by atoms with Crippen molar-refractivity contribution < 1.29 is 14.4 Å². The highest BCUT2D eigenvalue weighted by Gasteiger charge is 2.28. The van der Waals surface area contributed by atoms with Crippen LogP contribution in [0, 0.1) is 0 Å². The van der Waals surface area contributed by atoms with Gasteiger partial charge in [0.1, 0.15) is 0 Å². The summed E-state index contributed by atoms with van der Waals surface area (Å²) in [5.41, 5.74) is 1.55. The lowest BCUT2D eigenvalue weighted by atomic mass is 10.2. The first-order valence-electron chi connectivity index (χ1n) is 9.49. The van der Waals surface area contributed by atoms with Crippen molar-refractivity contribution in [3.63, 3.8) is 0 Å². The lowest BCUT2D eigenvalue weighted by Crippen LogP contribution is -2.48. The van der Waals surface area contributed by atoms with Crippen LogP contribution in [0.3, 0.4) is 0 Å². The summed E-state index contributed by atoms with van der Waals surface area (Å²) < 4.78 is 0. The Morgan fingerprint density at radius 3 is 2.70 bits per heavy atom. The second kappa shape index (κ2) is 8.85. The third-order valence-electron chi connectivity index (χ3n) is 4.94. The van der Waals surface area contributed by atoms with Crippen LogP contribution < -0.4 is 20.9 Å². The van der Waals surface area contributed by atoms with Gasteiger partial charge in [0.2, 0.25) is 11.8 Å². The highest BCUT2D eigenvalue weighted by Crippen LogP contribution is 2.27. The highest BCUT2D eigenvalue weighted by molar-refractivity contribution is 5.96. The van der Waals surface area contributed by atoms with Crippen LogP contribution in [-0.2, 0) is 9.59 Å². The van der Waals surface area contributed by atoms with Crippen molar-refractivity contribution >= 4 is 29.2 Å². The van der Waals surface area contributed by atoms with Gasteiger partial charge in [-0.3, -0.25) is 14.5 Å². The molecule has 8 nitrogen and oxygen atoms in total. The summed E-state index contributed by atoms with van der Waals surface area (Å²) in [6.45, 7) is 5.33. The zero-order chi connectivity index (χ0) is 19.2. The third-order valence-corrected chi connectivity index (χ3v) is 4.94. The van der Waals surface area contributed by atoms with E-state index in [1.807, 2.05) is 24.0 Å². The molecule has 146 valence electrons. The molecule has 0 aromatic heterocycles. The van der Waals surface area contributed by atoms with Crippen molar-refractivity contribution in [2.24, 2.45) is 0 Å². The van der Waals surface area contributed by atoms with Gasteiger partial charge in [-0.15, -0.1) is 0 Å². The number of carbonyl (C=O) groups is 3. The van der Waals surface area contributed by atoms with Gasteiger partial charge < -0.3 is 20.9 Å². The predicted octanol–water partition coefficient (Wildman–Crippen LogP) is 1.15. The minimum absolute atomic E-state index is 0.0559. The largest absolute Gasteiger partial charge is 0.354 e. The molecule has 0 aliphatic carbocycles. The molecule has 2 aliphatic heterocycles. The van der Waals surface area contributed by atoms with Crippen molar-refractivity contribution in [3.05, 3.63) is 24.3 Å². The maximum atomic E-state index is 12.0. The number of hydrogen-bond acceptors (Lipinski definition) is 4. The minimum atomic E-state index is -0.259. The predicted molar refractivity (Wildman–Crippen MR) is 104 cm³/mol. The first-order valence-corrected chi connectivity index (χ1v) is 9.49. The topological polar surface area (TPSA) is 93.8 Å². The number of piperazine rings is 1. The van der Waals surface area contributed by atoms with Crippen molar-refractivity contribution in [3.8, 4) is 0 Å². The first-order chi connectivity index (χ1) is 13.0. The second-order valence-corrected chi connectivity index (χ2v) is 7.06. The second-order valence-electron chi connectivity index (χ2n) is 7.06. The van der Waals surface area contributed by atoms with Crippen molar-refractivity contribution in [1.82, 2.24) is 15.5 Å². The lowest BCUT2D eigenvalue weighted by molar-refractivity contribution is -0.124. The van der Waals surface area contributed by atoms with Gasteiger partial charge >= 0.3 is 6.03 Å². The van der Waals surface area contributed by atoms with Gasteiger partial charge in [-0.25, -0.2) is 4.79 Å². The molecule has 1 unspecified atom stereocenters. The number of benzene rings is 1. The van der Waals surface area contributed by atoms with Gasteiger partial charge in [-0.05, 0) is 44.0 Å². The number of urea groups is 1. The van der Waals surface area contributed by atoms with E-state index in [9.17, 15) is 14.4 Å². The maximum Gasteiger partial charge on any atom is 0.319 e. The average molecular weight is 373 g/mol. The molecule has 2 saturated heterocycles. The van der Waals surface area contributed by atoms with Crippen LogP contribution in [-0.4, -0.2) is 61.5 Å². The summed E-state index contributed by atoms with van der Waals surface area (Å²) in [5, 5.41) is 8.41. The number of rotatable bonds is 6. The Kier molecular flexibility index (Phi) is 6.28. The van der Waals surface area contributed by atoms with Gasteiger partial charge in [0.25, 0.3) is 0 Å². The van der Waals surface area contributed by atoms with E-state index in [4.69, 9.17) is 0 Å². The SMILES string of the molecule is CC1CCC(=O)N1c1ccc(NC(=O)NCCCN2CCNC(=O)C2)cc1. The molecule has 27 heavy (non-hydrogen) atoms. The van der Waals surface area contributed by atoms with Gasteiger partial charge in [0, 0.05) is 50.0 Å². The molecule has 3 N–H and O–H groups in total. The van der Waals surface area contributed by atoms with Crippen LogP contribution in [0.5, 0.6) is 0 Å². The number of nitrogens with one attached hydrogen (secondary N) is 3. The van der Waals surface area contributed by atoms with Crippen molar-refractivity contribution in [2.75, 3.05) is 42.9 Å². The Balaban J connectivity index is 1.39. The zero-order valence-corrected chi connectivity index (χ0v) is 15.7. The summed E-state index contributed by atoms with van der Waals surface area (Å²) >= 11 is 0. The van der Waals surface area contributed by atoms with Gasteiger partial charge in [-0.2, -0.15) is 0 Å². The van der Waals surface area contributed by atoms with Crippen LogP contribution in [0.4, 0.5) is 16.2 Å². The average Bonchev–Trinajstić information content (AvgIpc) is 2.98. The fourth-order valence-corrected chi connectivity index (χ4v) is 3.49. The normalized spacial score (nSPS) is 20.5. The number of nitrogens with zero attached hydrogens (tertiary/aromatic N) is 2. The Bertz CT molecular complexity index is 691. The maximum absolute atomic E-state index is 12.0. The fraction of sp³-hybridized carbons (Fsp3) is 0.526. The third kappa shape index (κ3) is 5.19. The highest BCUT2D eigenvalue weighted by atomic mass is 16.2. The van der Waals surface area contributed by atoms with Crippen molar-refractivity contribution in [1.29, 1.82) is 0 Å². The summed E-state index contributed by atoms with van der Waals surface area (Å²) in [5.74, 6) is 0.201. The van der Waals surface area contributed by atoms with E-state index >= 15 is 0 Å². The molecular weight excluding hydrogens is 346 g/mol. The molecule has 8 heteroatoms. The van der Waals surface area contributed by atoms with E-state index in [1.54, 1.807) is 12.1 Å². The molecule has 2 aliphatic rings. The monoisotopic (exact) mass is 373 g/mol. The Morgan fingerprint density at radius 2 is 2.04 bits per heavy atom. The van der Waals surface area contributed by atoms with Crippen LogP contribution in [0.1, 0.15) is 26.2 Å². The van der Waals surface area contributed by atoms with E-state index in [2.05, 4.69) is 20.9 Å². The molecule has 4 amide bonds. The van der Waals surface area contributed by atoms with Crippen LogP contribution in [0.25, 0.3) is 0 Å².